The first-order valence-electron chi connectivity index (χ1n) is 7.95. The van der Waals surface area contributed by atoms with Crippen LogP contribution in [-0.4, -0.2) is 34.9 Å². The molecule has 0 spiro atoms. The van der Waals surface area contributed by atoms with Gasteiger partial charge in [0.05, 0.1) is 9.95 Å². The summed E-state index contributed by atoms with van der Waals surface area (Å²) in [7, 11) is 2.02. The number of benzene rings is 1. The molecule has 8 heteroatoms. The normalized spacial score (nSPS) is 20.6. The Morgan fingerprint density at radius 3 is 2.88 bits per heavy atom. The summed E-state index contributed by atoms with van der Waals surface area (Å²) in [6.45, 7) is 1.55. The number of nitro groups is 1. The van der Waals surface area contributed by atoms with Gasteiger partial charge < -0.3 is 5.32 Å². The quantitative estimate of drug-likeness (QED) is 0.643. The Bertz CT molecular complexity index is 772. The highest BCUT2D eigenvalue weighted by Crippen LogP contribution is 2.37. The maximum atomic E-state index is 13.8. The van der Waals surface area contributed by atoms with Gasteiger partial charge in [-0.05, 0) is 49.7 Å². The number of pyridine rings is 1. The minimum atomic E-state index is -0.478. The summed E-state index contributed by atoms with van der Waals surface area (Å²) >= 11 is 5.78. The van der Waals surface area contributed by atoms with Gasteiger partial charge >= 0.3 is 0 Å². The van der Waals surface area contributed by atoms with Crippen molar-refractivity contribution in [2.24, 2.45) is 5.92 Å². The maximum absolute atomic E-state index is 13.8. The number of likely N-dealkylation sites (tertiary alicyclic amines) is 1. The van der Waals surface area contributed by atoms with E-state index in [4.69, 9.17) is 11.6 Å². The lowest BCUT2D eigenvalue weighted by Gasteiger charge is -2.26. The third kappa shape index (κ3) is 3.88. The van der Waals surface area contributed by atoms with Gasteiger partial charge in [-0.1, -0.05) is 17.7 Å². The Labute approximate surface area is 149 Å². The number of rotatable bonds is 5. The lowest BCUT2D eigenvalue weighted by atomic mass is 9.93. The summed E-state index contributed by atoms with van der Waals surface area (Å²) in [5, 5.41) is 14.0. The van der Waals surface area contributed by atoms with Crippen LogP contribution in [0, 0.1) is 21.8 Å². The molecule has 3 rings (SSSR count). The Morgan fingerprint density at radius 1 is 1.44 bits per heavy atom. The summed E-state index contributed by atoms with van der Waals surface area (Å²) in [6, 6.07) is 8.02. The van der Waals surface area contributed by atoms with E-state index in [0.717, 1.165) is 18.5 Å². The summed E-state index contributed by atoms with van der Waals surface area (Å²) in [5.74, 6) is 0.437. The summed E-state index contributed by atoms with van der Waals surface area (Å²) < 4.78 is 13.8. The molecule has 2 aromatic rings. The molecule has 1 aliphatic rings. The Morgan fingerprint density at radius 2 is 2.24 bits per heavy atom. The standard InChI is InChI=1S/C17H18ClFN4O2/c1-22-7-6-12(17(22)11-2-4-14(18)15(19)8-11)9-20-16-5-3-13(10-21-16)23(24)25/h2-5,8,10,12,17H,6-7,9H2,1H3,(H,20,21). The van der Waals surface area contributed by atoms with E-state index in [-0.39, 0.29) is 22.7 Å². The first kappa shape index (κ1) is 17.6. The van der Waals surface area contributed by atoms with Crippen LogP contribution in [0.4, 0.5) is 15.9 Å². The molecular weight excluding hydrogens is 347 g/mol. The van der Waals surface area contributed by atoms with E-state index >= 15 is 0 Å². The van der Waals surface area contributed by atoms with Crippen molar-refractivity contribution >= 4 is 23.1 Å². The number of nitrogens with zero attached hydrogens (tertiary/aromatic N) is 3. The van der Waals surface area contributed by atoms with Gasteiger partial charge in [-0.25, -0.2) is 9.37 Å². The average Bonchev–Trinajstić information content (AvgIpc) is 2.96. The van der Waals surface area contributed by atoms with E-state index in [0.29, 0.717) is 12.4 Å². The highest BCUT2D eigenvalue weighted by molar-refractivity contribution is 6.30. The zero-order chi connectivity index (χ0) is 18.0. The zero-order valence-electron chi connectivity index (χ0n) is 13.7. The Kier molecular flexibility index (Phi) is 5.15. The minimum absolute atomic E-state index is 0.0411. The van der Waals surface area contributed by atoms with Gasteiger partial charge in [-0.15, -0.1) is 0 Å². The predicted octanol–water partition coefficient (Wildman–Crippen LogP) is 3.89. The molecule has 0 saturated carbocycles. The van der Waals surface area contributed by atoms with Crippen LogP contribution >= 0.6 is 11.6 Å². The van der Waals surface area contributed by atoms with Crippen molar-refractivity contribution in [2.75, 3.05) is 25.5 Å². The number of hydrogen-bond donors (Lipinski definition) is 1. The zero-order valence-corrected chi connectivity index (χ0v) is 14.4. The van der Waals surface area contributed by atoms with Crippen LogP contribution in [0.1, 0.15) is 18.0 Å². The Balaban J connectivity index is 1.70. The second kappa shape index (κ2) is 7.33. The molecule has 1 aromatic carbocycles. The van der Waals surface area contributed by atoms with E-state index in [1.165, 1.54) is 18.3 Å². The third-order valence-electron chi connectivity index (χ3n) is 4.56. The van der Waals surface area contributed by atoms with Gasteiger partial charge in [-0.2, -0.15) is 0 Å². The van der Waals surface area contributed by atoms with E-state index in [1.54, 1.807) is 12.1 Å². The van der Waals surface area contributed by atoms with Crippen LogP contribution in [0.2, 0.25) is 5.02 Å². The second-order valence-electron chi connectivity index (χ2n) is 6.19. The molecule has 0 amide bonds. The molecule has 2 heterocycles. The maximum Gasteiger partial charge on any atom is 0.287 e. The van der Waals surface area contributed by atoms with Crippen molar-refractivity contribution < 1.29 is 9.31 Å². The topological polar surface area (TPSA) is 71.3 Å². The van der Waals surface area contributed by atoms with Crippen LogP contribution in [0.3, 0.4) is 0 Å². The van der Waals surface area contributed by atoms with Gasteiger partial charge in [0.2, 0.25) is 0 Å². The molecule has 0 bridgehead atoms. The Hall–Kier alpha value is -2.25. The molecule has 1 N–H and O–H groups in total. The molecular formula is C17H18ClFN4O2. The molecule has 132 valence electrons. The number of anilines is 1. The smallest absolute Gasteiger partial charge is 0.287 e. The summed E-state index contributed by atoms with van der Waals surface area (Å²) in [5.41, 5.74) is 0.853. The van der Waals surface area contributed by atoms with Crippen LogP contribution in [0.25, 0.3) is 0 Å². The summed E-state index contributed by atoms with van der Waals surface area (Å²) in [6.07, 6.45) is 2.19. The van der Waals surface area contributed by atoms with E-state index in [1.807, 2.05) is 13.1 Å². The van der Waals surface area contributed by atoms with Gasteiger partial charge in [0.25, 0.3) is 5.69 Å². The van der Waals surface area contributed by atoms with Gasteiger partial charge in [0.1, 0.15) is 17.8 Å². The van der Waals surface area contributed by atoms with E-state index < -0.39 is 10.7 Å². The fourth-order valence-electron chi connectivity index (χ4n) is 3.30. The first-order chi connectivity index (χ1) is 12.0. The largest absolute Gasteiger partial charge is 0.370 e. The third-order valence-corrected chi connectivity index (χ3v) is 4.87. The van der Waals surface area contributed by atoms with Crippen LogP contribution in [0.15, 0.2) is 36.5 Å². The molecule has 2 unspecified atom stereocenters. The molecule has 0 radical (unpaired) electrons. The highest BCUT2D eigenvalue weighted by atomic mass is 35.5. The predicted molar refractivity (Wildman–Crippen MR) is 94.3 cm³/mol. The number of aromatic nitrogens is 1. The van der Waals surface area contributed by atoms with Crippen molar-refractivity contribution in [2.45, 2.75) is 12.5 Å². The molecule has 2 atom stereocenters. The molecule has 25 heavy (non-hydrogen) atoms. The first-order valence-corrected chi connectivity index (χ1v) is 8.33. The number of halogens is 2. The van der Waals surface area contributed by atoms with Crippen molar-refractivity contribution in [1.82, 2.24) is 9.88 Å². The molecule has 1 aromatic heterocycles. The summed E-state index contributed by atoms with van der Waals surface area (Å²) in [4.78, 5) is 16.4. The van der Waals surface area contributed by atoms with Crippen molar-refractivity contribution in [3.05, 3.63) is 63.0 Å². The number of nitrogens with one attached hydrogen (secondary N) is 1. The SMILES string of the molecule is CN1CCC(CNc2ccc([N+](=O)[O-])cn2)C1c1ccc(Cl)c(F)c1. The monoisotopic (exact) mass is 364 g/mol. The second-order valence-corrected chi connectivity index (χ2v) is 6.59. The molecule has 1 aliphatic heterocycles. The molecule has 0 aliphatic carbocycles. The lowest BCUT2D eigenvalue weighted by molar-refractivity contribution is -0.385. The average molecular weight is 365 g/mol. The minimum Gasteiger partial charge on any atom is -0.370 e. The van der Waals surface area contributed by atoms with Gasteiger partial charge in [0, 0.05) is 18.7 Å². The van der Waals surface area contributed by atoms with Gasteiger partial charge in [0.15, 0.2) is 0 Å². The fourth-order valence-corrected chi connectivity index (χ4v) is 3.41. The van der Waals surface area contributed by atoms with Crippen LogP contribution in [-0.2, 0) is 0 Å². The molecule has 1 saturated heterocycles. The lowest BCUT2D eigenvalue weighted by Crippen LogP contribution is -2.25. The molecule has 6 nitrogen and oxygen atoms in total. The van der Waals surface area contributed by atoms with E-state index in [9.17, 15) is 14.5 Å². The fraction of sp³-hybridized carbons (Fsp3) is 0.353. The van der Waals surface area contributed by atoms with Crippen molar-refractivity contribution in [3.8, 4) is 0 Å². The van der Waals surface area contributed by atoms with Gasteiger partial charge in [-0.3, -0.25) is 15.0 Å². The number of hydrogen-bond acceptors (Lipinski definition) is 5. The van der Waals surface area contributed by atoms with E-state index in [2.05, 4.69) is 15.2 Å². The molecule has 1 fully saturated rings. The van der Waals surface area contributed by atoms with Crippen LogP contribution < -0.4 is 5.32 Å². The highest BCUT2D eigenvalue weighted by Gasteiger charge is 2.33. The van der Waals surface area contributed by atoms with Crippen molar-refractivity contribution in [1.29, 1.82) is 0 Å². The van der Waals surface area contributed by atoms with Crippen molar-refractivity contribution in [3.63, 3.8) is 0 Å². The van der Waals surface area contributed by atoms with Crippen LogP contribution in [0.5, 0.6) is 0 Å².